The highest BCUT2D eigenvalue weighted by atomic mass is 15.0. The van der Waals surface area contributed by atoms with E-state index in [0.29, 0.717) is 0 Å². The topological polar surface area (TPSA) is 38.0 Å². The van der Waals surface area contributed by atoms with E-state index in [9.17, 15) is 0 Å². The molecule has 0 aliphatic heterocycles. The monoisotopic (exact) mass is 168 g/mol. The largest absolute Gasteiger partial charge is 0.330 e. The molecule has 0 aromatic carbocycles. The molecule has 2 nitrogen and oxygen atoms in total. The van der Waals surface area contributed by atoms with Crippen LogP contribution in [0.4, 0.5) is 0 Å². The number of rotatable bonds is 3. The van der Waals surface area contributed by atoms with Gasteiger partial charge in [-0.1, -0.05) is 13.3 Å². The molecule has 0 saturated heterocycles. The van der Waals surface area contributed by atoms with Crippen molar-refractivity contribution in [2.24, 2.45) is 17.6 Å². The van der Waals surface area contributed by atoms with Crippen molar-refractivity contribution >= 4 is 0 Å². The summed E-state index contributed by atoms with van der Waals surface area (Å²) in [5.74, 6) is 1.68. The van der Waals surface area contributed by atoms with Crippen molar-refractivity contribution in [1.29, 1.82) is 0 Å². The Labute approximate surface area is 74.9 Å². The highest BCUT2D eigenvalue weighted by molar-refractivity contribution is 4.95. The van der Waals surface area contributed by atoms with Gasteiger partial charge in [-0.2, -0.15) is 0 Å². The number of nitrogens with one attached hydrogen (secondary N) is 1. The van der Waals surface area contributed by atoms with Crippen LogP contribution in [0.3, 0.4) is 0 Å². The zero-order valence-electron chi connectivity index (χ0n) is 7.92. The summed E-state index contributed by atoms with van der Waals surface area (Å²) in [7, 11) is 0. The summed E-state index contributed by atoms with van der Waals surface area (Å²) in [4.78, 5) is 0. The molecule has 0 heterocycles. The Kier molecular flexibility index (Phi) is 2.37. The highest BCUT2D eigenvalue weighted by Gasteiger charge is 2.37. The Hall–Kier alpha value is -0.0800. The average Bonchev–Trinajstić information content (AvgIpc) is 2.62. The van der Waals surface area contributed by atoms with Crippen molar-refractivity contribution < 1.29 is 0 Å². The van der Waals surface area contributed by atoms with Crippen LogP contribution >= 0.6 is 0 Å². The van der Waals surface area contributed by atoms with E-state index in [1.807, 2.05) is 0 Å². The fourth-order valence-corrected chi connectivity index (χ4v) is 2.37. The molecule has 70 valence electrons. The van der Waals surface area contributed by atoms with Gasteiger partial charge in [-0.3, -0.25) is 0 Å². The molecule has 4 atom stereocenters. The van der Waals surface area contributed by atoms with E-state index in [1.165, 1.54) is 25.7 Å². The zero-order chi connectivity index (χ0) is 8.55. The first kappa shape index (κ1) is 8.52. The second kappa shape index (κ2) is 3.35. The summed E-state index contributed by atoms with van der Waals surface area (Å²) >= 11 is 0. The molecule has 0 aromatic rings. The first-order chi connectivity index (χ1) is 5.81. The standard InChI is InChI=1S/C10H20N2/c1-7-5-10(7)12-9-4-2-3-8(9)6-11/h7-10,12H,2-6,11H2,1H3. The Morgan fingerprint density at radius 3 is 2.67 bits per heavy atom. The minimum atomic E-state index is 0.741. The van der Waals surface area contributed by atoms with Gasteiger partial charge in [-0.25, -0.2) is 0 Å². The lowest BCUT2D eigenvalue weighted by atomic mass is 10.0. The van der Waals surface area contributed by atoms with Crippen LogP contribution in [-0.2, 0) is 0 Å². The summed E-state index contributed by atoms with van der Waals surface area (Å²) in [6, 6.07) is 1.56. The predicted octanol–water partition coefficient (Wildman–Crippen LogP) is 1.11. The van der Waals surface area contributed by atoms with Crippen molar-refractivity contribution in [1.82, 2.24) is 5.32 Å². The molecule has 2 fully saturated rings. The van der Waals surface area contributed by atoms with E-state index in [-0.39, 0.29) is 0 Å². The van der Waals surface area contributed by atoms with E-state index >= 15 is 0 Å². The van der Waals surface area contributed by atoms with Crippen LogP contribution in [0.2, 0.25) is 0 Å². The number of nitrogens with two attached hydrogens (primary N) is 1. The van der Waals surface area contributed by atoms with Gasteiger partial charge < -0.3 is 11.1 Å². The van der Waals surface area contributed by atoms with Gasteiger partial charge in [0.2, 0.25) is 0 Å². The van der Waals surface area contributed by atoms with Gasteiger partial charge in [0.15, 0.2) is 0 Å². The van der Waals surface area contributed by atoms with E-state index < -0.39 is 0 Å². The van der Waals surface area contributed by atoms with Crippen molar-refractivity contribution in [2.75, 3.05) is 6.54 Å². The third kappa shape index (κ3) is 1.64. The molecule has 12 heavy (non-hydrogen) atoms. The first-order valence-electron chi connectivity index (χ1n) is 5.27. The molecule has 2 rings (SSSR count). The quantitative estimate of drug-likeness (QED) is 0.662. The van der Waals surface area contributed by atoms with Gasteiger partial charge in [-0.05, 0) is 37.6 Å². The van der Waals surface area contributed by atoms with Gasteiger partial charge >= 0.3 is 0 Å². The molecule has 0 radical (unpaired) electrons. The van der Waals surface area contributed by atoms with Crippen molar-refractivity contribution in [3.63, 3.8) is 0 Å². The Balaban J connectivity index is 1.78. The summed E-state index contributed by atoms with van der Waals surface area (Å²) < 4.78 is 0. The molecule has 0 spiro atoms. The minimum absolute atomic E-state index is 0.741. The summed E-state index contributed by atoms with van der Waals surface area (Å²) in [5.41, 5.74) is 5.71. The lowest BCUT2D eigenvalue weighted by molar-refractivity contribution is 0.399. The Bertz CT molecular complexity index is 158. The molecular formula is C10H20N2. The SMILES string of the molecule is CC1CC1NC1CCCC1CN. The molecule has 0 amide bonds. The van der Waals surface area contributed by atoms with Crippen LogP contribution in [-0.4, -0.2) is 18.6 Å². The molecule has 4 unspecified atom stereocenters. The van der Waals surface area contributed by atoms with E-state index in [1.54, 1.807) is 0 Å². The minimum Gasteiger partial charge on any atom is -0.330 e. The van der Waals surface area contributed by atoms with Crippen LogP contribution in [0.15, 0.2) is 0 Å². The normalized spacial score (nSPS) is 46.5. The highest BCUT2D eigenvalue weighted by Crippen LogP contribution is 2.33. The van der Waals surface area contributed by atoms with Crippen LogP contribution in [0.5, 0.6) is 0 Å². The van der Waals surface area contributed by atoms with E-state index in [0.717, 1.165) is 30.5 Å². The molecule has 2 saturated carbocycles. The van der Waals surface area contributed by atoms with Gasteiger partial charge in [0.25, 0.3) is 0 Å². The maximum atomic E-state index is 5.71. The molecule has 2 aliphatic carbocycles. The number of hydrogen-bond donors (Lipinski definition) is 2. The van der Waals surface area contributed by atoms with Crippen LogP contribution in [0, 0.1) is 11.8 Å². The maximum Gasteiger partial charge on any atom is 0.0110 e. The fourth-order valence-electron chi connectivity index (χ4n) is 2.37. The molecule has 3 N–H and O–H groups in total. The molecule has 2 aliphatic rings. The smallest absolute Gasteiger partial charge is 0.0110 e. The van der Waals surface area contributed by atoms with Crippen molar-refractivity contribution in [3.8, 4) is 0 Å². The van der Waals surface area contributed by atoms with Crippen LogP contribution in [0.1, 0.15) is 32.6 Å². The van der Waals surface area contributed by atoms with Gasteiger partial charge in [-0.15, -0.1) is 0 Å². The third-order valence-corrected chi connectivity index (χ3v) is 3.50. The third-order valence-electron chi connectivity index (χ3n) is 3.50. The Morgan fingerprint density at radius 2 is 2.08 bits per heavy atom. The van der Waals surface area contributed by atoms with Gasteiger partial charge in [0, 0.05) is 12.1 Å². The lowest BCUT2D eigenvalue weighted by Gasteiger charge is -2.19. The van der Waals surface area contributed by atoms with Gasteiger partial charge in [0.05, 0.1) is 0 Å². The van der Waals surface area contributed by atoms with Crippen LogP contribution in [0.25, 0.3) is 0 Å². The maximum absolute atomic E-state index is 5.71. The molecule has 0 bridgehead atoms. The second-order valence-corrected chi connectivity index (χ2v) is 4.52. The van der Waals surface area contributed by atoms with Gasteiger partial charge in [0.1, 0.15) is 0 Å². The lowest BCUT2D eigenvalue weighted by Crippen LogP contribution is -2.37. The molecular weight excluding hydrogens is 148 g/mol. The zero-order valence-corrected chi connectivity index (χ0v) is 7.92. The summed E-state index contributed by atoms with van der Waals surface area (Å²) in [5, 5.41) is 3.72. The Morgan fingerprint density at radius 1 is 1.33 bits per heavy atom. The average molecular weight is 168 g/mol. The molecule has 2 heteroatoms. The predicted molar refractivity (Wildman–Crippen MR) is 50.9 cm³/mol. The number of hydrogen-bond acceptors (Lipinski definition) is 2. The first-order valence-corrected chi connectivity index (χ1v) is 5.27. The van der Waals surface area contributed by atoms with Crippen LogP contribution < -0.4 is 11.1 Å². The fraction of sp³-hybridized carbons (Fsp3) is 1.00. The summed E-state index contributed by atoms with van der Waals surface area (Å²) in [6.45, 7) is 3.20. The van der Waals surface area contributed by atoms with Crippen molar-refractivity contribution in [2.45, 2.75) is 44.7 Å². The second-order valence-electron chi connectivity index (χ2n) is 4.52. The van der Waals surface area contributed by atoms with E-state index in [4.69, 9.17) is 5.73 Å². The summed E-state index contributed by atoms with van der Waals surface area (Å²) in [6.07, 6.45) is 5.45. The molecule has 0 aromatic heterocycles. The van der Waals surface area contributed by atoms with E-state index in [2.05, 4.69) is 12.2 Å². The van der Waals surface area contributed by atoms with Crippen molar-refractivity contribution in [3.05, 3.63) is 0 Å².